The summed E-state index contributed by atoms with van der Waals surface area (Å²) in [6.45, 7) is 0.771. The zero-order valence-electron chi connectivity index (χ0n) is 12.0. The molecule has 4 heteroatoms. The quantitative estimate of drug-likeness (QED) is 0.921. The zero-order chi connectivity index (χ0) is 13.9. The standard InChI is InChI=1S/C16H21N3O/c1-17-14(10-16-18-7-8-19(16)2)13-9-12-5-3-4-6-15(12)20-11-13/h3-8,13-14,17H,9-11H2,1-2H3. The van der Waals surface area contributed by atoms with Crippen molar-refractivity contribution in [2.24, 2.45) is 13.0 Å². The molecule has 3 rings (SSSR count). The van der Waals surface area contributed by atoms with Crippen LogP contribution >= 0.6 is 0 Å². The van der Waals surface area contributed by atoms with Crippen LogP contribution in [0, 0.1) is 5.92 Å². The molecule has 106 valence electrons. The van der Waals surface area contributed by atoms with Crippen LogP contribution in [-0.4, -0.2) is 29.2 Å². The van der Waals surface area contributed by atoms with E-state index >= 15 is 0 Å². The second kappa shape index (κ2) is 5.67. The summed E-state index contributed by atoms with van der Waals surface area (Å²) in [5, 5.41) is 3.43. The molecule has 0 fully saturated rings. The van der Waals surface area contributed by atoms with Crippen LogP contribution in [-0.2, 0) is 19.9 Å². The molecule has 2 aromatic rings. The van der Waals surface area contributed by atoms with E-state index < -0.39 is 0 Å². The summed E-state index contributed by atoms with van der Waals surface area (Å²) in [5.41, 5.74) is 1.31. The van der Waals surface area contributed by atoms with Crippen molar-refractivity contribution in [1.29, 1.82) is 0 Å². The lowest BCUT2D eigenvalue weighted by Crippen LogP contribution is -2.41. The minimum Gasteiger partial charge on any atom is -0.493 e. The Morgan fingerprint density at radius 1 is 1.45 bits per heavy atom. The molecule has 2 heterocycles. The Balaban J connectivity index is 1.73. The molecular weight excluding hydrogens is 250 g/mol. The predicted molar refractivity (Wildman–Crippen MR) is 78.9 cm³/mol. The Kier molecular flexibility index (Phi) is 3.74. The maximum absolute atomic E-state index is 5.90. The van der Waals surface area contributed by atoms with Crippen molar-refractivity contribution >= 4 is 0 Å². The molecule has 0 spiro atoms. The maximum atomic E-state index is 5.90. The van der Waals surface area contributed by atoms with Crippen molar-refractivity contribution < 1.29 is 4.74 Å². The second-order valence-corrected chi connectivity index (χ2v) is 5.44. The number of likely N-dealkylation sites (N-methyl/N-ethyl adjacent to an activating group) is 1. The highest BCUT2D eigenvalue weighted by Crippen LogP contribution is 2.28. The Hall–Kier alpha value is -1.81. The fraction of sp³-hybridized carbons (Fsp3) is 0.438. The summed E-state index contributed by atoms with van der Waals surface area (Å²) in [5.74, 6) is 2.63. The average Bonchev–Trinajstić information content (AvgIpc) is 2.89. The lowest BCUT2D eigenvalue weighted by atomic mass is 9.88. The topological polar surface area (TPSA) is 39.1 Å². The number of imidazole rings is 1. The van der Waals surface area contributed by atoms with Crippen LogP contribution in [0.25, 0.3) is 0 Å². The summed E-state index contributed by atoms with van der Waals surface area (Å²) in [4.78, 5) is 4.42. The average molecular weight is 271 g/mol. The Bertz CT molecular complexity index is 579. The smallest absolute Gasteiger partial charge is 0.122 e. The van der Waals surface area contributed by atoms with E-state index in [0.717, 1.165) is 31.0 Å². The van der Waals surface area contributed by atoms with E-state index in [4.69, 9.17) is 4.74 Å². The highest BCUT2D eigenvalue weighted by atomic mass is 16.5. The third-order valence-corrected chi connectivity index (χ3v) is 4.17. The molecule has 4 nitrogen and oxygen atoms in total. The fourth-order valence-electron chi connectivity index (χ4n) is 2.90. The number of aromatic nitrogens is 2. The van der Waals surface area contributed by atoms with Crippen LogP contribution in [0.1, 0.15) is 11.4 Å². The molecule has 0 radical (unpaired) electrons. The summed E-state index contributed by atoms with van der Waals surface area (Å²) < 4.78 is 7.99. The molecule has 2 atom stereocenters. The van der Waals surface area contributed by atoms with Gasteiger partial charge in [-0.25, -0.2) is 4.98 Å². The van der Waals surface area contributed by atoms with Crippen LogP contribution in [0.5, 0.6) is 5.75 Å². The number of ether oxygens (including phenoxy) is 1. The first-order valence-corrected chi connectivity index (χ1v) is 7.12. The number of hydrogen-bond donors (Lipinski definition) is 1. The van der Waals surface area contributed by atoms with Crippen LogP contribution < -0.4 is 10.1 Å². The van der Waals surface area contributed by atoms with Gasteiger partial charge in [-0.2, -0.15) is 0 Å². The summed E-state index contributed by atoms with van der Waals surface area (Å²) in [6, 6.07) is 8.71. The van der Waals surface area contributed by atoms with Gasteiger partial charge in [-0.15, -0.1) is 0 Å². The molecular formula is C16H21N3O. The van der Waals surface area contributed by atoms with E-state index in [9.17, 15) is 0 Å². The molecule has 0 saturated heterocycles. The van der Waals surface area contributed by atoms with Gasteiger partial charge in [0, 0.05) is 37.8 Å². The fourth-order valence-corrected chi connectivity index (χ4v) is 2.90. The van der Waals surface area contributed by atoms with Crippen LogP contribution in [0.4, 0.5) is 0 Å². The lowest BCUT2D eigenvalue weighted by molar-refractivity contribution is 0.186. The number of para-hydroxylation sites is 1. The predicted octanol–water partition coefficient (Wildman–Crippen LogP) is 1.80. The first-order chi connectivity index (χ1) is 9.78. The first kappa shape index (κ1) is 13.2. The number of nitrogens with one attached hydrogen (secondary N) is 1. The van der Waals surface area contributed by atoms with Gasteiger partial charge in [-0.3, -0.25) is 0 Å². The van der Waals surface area contributed by atoms with Gasteiger partial charge >= 0.3 is 0 Å². The van der Waals surface area contributed by atoms with Gasteiger partial charge in [0.05, 0.1) is 6.61 Å². The molecule has 0 amide bonds. The van der Waals surface area contributed by atoms with E-state index in [1.807, 2.05) is 32.6 Å². The van der Waals surface area contributed by atoms with Crippen LogP contribution in [0.2, 0.25) is 0 Å². The van der Waals surface area contributed by atoms with Gasteiger partial charge in [0.15, 0.2) is 0 Å². The number of fused-ring (bicyclic) bond motifs is 1. The highest BCUT2D eigenvalue weighted by Gasteiger charge is 2.27. The van der Waals surface area contributed by atoms with E-state index in [1.54, 1.807) is 0 Å². The Morgan fingerprint density at radius 2 is 2.30 bits per heavy atom. The van der Waals surface area contributed by atoms with Gasteiger partial charge in [0.1, 0.15) is 11.6 Å². The second-order valence-electron chi connectivity index (χ2n) is 5.44. The zero-order valence-corrected chi connectivity index (χ0v) is 12.0. The minimum atomic E-state index is 0.379. The number of hydrogen-bond acceptors (Lipinski definition) is 3. The molecule has 1 aliphatic heterocycles. The van der Waals surface area contributed by atoms with Gasteiger partial charge in [-0.1, -0.05) is 18.2 Å². The Morgan fingerprint density at radius 3 is 3.05 bits per heavy atom. The summed E-state index contributed by atoms with van der Waals surface area (Å²) in [6.07, 6.45) is 5.84. The highest BCUT2D eigenvalue weighted by molar-refractivity contribution is 5.35. The van der Waals surface area contributed by atoms with Gasteiger partial charge in [-0.05, 0) is 25.1 Å². The molecule has 1 aromatic carbocycles. The minimum absolute atomic E-state index is 0.379. The van der Waals surface area contributed by atoms with Crippen molar-refractivity contribution in [3.8, 4) is 5.75 Å². The van der Waals surface area contributed by atoms with Crippen molar-refractivity contribution in [2.75, 3.05) is 13.7 Å². The molecule has 20 heavy (non-hydrogen) atoms. The largest absolute Gasteiger partial charge is 0.493 e. The van der Waals surface area contributed by atoms with Crippen molar-refractivity contribution in [2.45, 2.75) is 18.9 Å². The number of benzene rings is 1. The van der Waals surface area contributed by atoms with E-state index in [0.29, 0.717) is 12.0 Å². The third-order valence-electron chi connectivity index (χ3n) is 4.17. The first-order valence-electron chi connectivity index (χ1n) is 7.12. The van der Waals surface area contributed by atoms with Gasteiger partial charge in [0.25, 0.3) is 0 Å². The summed E-state index contributed by atoms with van der Waals surface area (Å²) in [7, 11) is 4.07. The molecule has 0 bridgehead atoms. The maximum Gasteiger partial charge on any atom is 0.122 e. The van der Waals surface area contributed by atoms with Crippen LogP contribution in [0.3, 0.4) is 0 Å². The molecule has 2 unspecified atom stereocenters. The monoisotopic (exact) mass is 271 g/mol. The molecule has 0 aliphatic carbocycles. The van der Waals surface area contributed by atoms with Crippen molar-refractivity contribution in [3.63, 3.8) is 0 Å². The van der Waals surface area contributed by atoms with E-state index in [-0.39, 0.29) is 0 Å². The molecule has 1 N–H and O–H groups in total. The number of rotatable bonds is 4. The van der Waals surface area contributed by atoms with E-state index in [2.05, 4.69) is 33.1 Å². The lowest BCUT2D eigenvalue weighted by Gasteiger charge is -2.31. The van der Waals surface area contributed by atoms with Gasteiger partial charge in [0.2, 0.25) is 0 Å². The van der Waals surface area contributed by atoms with Crippen molar-refractivity contribution in [3.05, 3.63) is 48.0 Å². The summed E-state index contributed by atoms with van der Waals surface area (Å²) >= 11 is 0. The normalized spacial score (nSPS) is 19.2. The number of aryl methyl sites for hydroxylation is 1. The molecule has 1 aliphatic rings. The molecule has 1 aromatic heterocycles. The third kappa shape index (κ3) is 2.56. The van der Waals surface area contributed by atoms with Crippen LogP contribution in [0.15, 0.2) is 36.7 Å². The Labute approximate surface area is 119 Å². The van der Waals surface area contributed by atoms with Crippen molar-refractivity contribution in [1.82, 2.24) is 14.9 Å². The molecule has 0 saturated carbocycles. The number of nitrogens with zero attached hydrogens (tertiary/aromatic N) is 2. The SMILES string of the molecule is CNC(Cc1nccn1C)C1COc2ccccc2C1. The van der Waals surface area contributed by atoms with E-state index in [1.165, 1.54) is 5.56 Å². The van der Waals surface area contributed by atoms with Gasteiger partial charge < -0.3 is 14.6 Å².